The van der Waals surface area contributed by atoms with Gasteiger partial charge in [0.05, 0.1) is 0 Å². The summed E-state index contributed by atoms with van der Waals surface area (Å²) in [4.78, 5) is 0. The number of hydrogen-bond donors (Lipinski definition) is 1. The van der Waals surface area contributed by atoms with Gasteiger partial charge in [0.15, 0.2) is 0 Å². The van der Waals surface area contributed by atoms with E-state index in [1.54, 1.807) is 0 Å². The summed E-state index contributed by atoms with van der Waals surface area (Å²) >= 11 is 0. The van der Waals surface area contributed by atoms with Gasteiger partial charge in [-0.1, -0.05) is 20.3 Å². The van der Waals surface area contributed by atoms with Crippen LogP contribution < -0.4 is 5.32 Å². The molecular formula is C13H29NO. The van der Waals surface area contributed by atoms with E-state index < -0.39 is 0 Å². The molecule has 2 heteroatoms. The fourth-order valence-corrected chi connectivity index (χ4v) is 1.86. The van der Waals surface area contributed by atoms with Crippen molar-refractivity contribution in [1.29, 1.82) is 0 Å². The number of rotatable bonds is 11. The van der Waals surface area contributed by atoms with E-state index in [0.717, 1.165) is 25.7 Å². The van der Waals surface area contributed by atoms with Gasteiger partial charge in [0.25, 0.3) is 0 Å². The molecule has 2 nitrogen and oxygen atoms in total. The molecule has 0 saturated carbocycles. The topological polar surface area (TPSA) is 21.3 Å². The van der Waals surface area contributed by atoms with E-state index in [1.807, 2.05) is 0 Å². The van der Waals surface area contributed by atoms with E-state index in [9.17, 15) is 0 Å². The highest BCUT2D eigenvalue weighted by Gasteiger charge is 2.06. The average Bonchev–Trinajstić information content (AvgIpc) is 2.24. The second kappa shape index (κ2) is 12.0. The minimum atomic E-state index is 0.849. The van der Waals surface area contributed by atoms with Crippen LogP contribution in [-0.4, -0.2) is 26.3 Å². The molecule has 92 valence electrons. The predicted molar refractivity (Wildman–Crippen MR) is 67.3 cm³/mol. The van der Waals surface area contributed by atoms with Gasteiger partial charge in [-0.2, -0.15) is 0 Å². The molecule has 0 aliphatic heterocycles. The fourth-order valence-electron chi connectivity index (χ4n) is 1.86. The van der Waals surface area contributed by atoms with Gasteiger partial charge in [-0.25, -0.2) is 0 Å². The second-order valence-electron chi connectivity index (χ2n) is 4.20. The first-order valence-electron chi connectivity index (χ1n) is 6.63. The van der Waals surface area contributed by atoms with Crippen molar-refractivity contribution in [2.24, 2.45) is 5.92 Å². The molecule has 15 heavy (non-hydrogen) atoms. The molecule has 0 amide bonds. The lowest BCUT2D eigenvalue weighted by Crippen LogP contribution is -2.23. The van der Waals surface area contributed by atoms with Crippen molar-refractivity contribution >= 4 is 0 Å². The fraction of sp³-hybridized carbons (Fsp3) is 1.00. The van der Waals surface area contributed by atoms with Crippen molar-refractivity contribution in [2.75, 3.05) is 26.3 Å². The summed E-state index contributed by atoms with van der Waals surface area (Å²) < 4.78 is 5.37. The normalized spacial score (nSPS) is 13.0. The van der Waals surface area contributed by atoms with Crippen molar-refractivity contribution in [3.8, 4) is 0 Å². The first-order chi connectivity index (χ1) is 7.35. The zero-order chi connectivity index (χ0) is 11.4. The van der Waals surface area contributed by atoms with Crippen molar-refractivity contribution in [3.63, 3.8) is 0 Å². The maximum Gasteiger partial charge on any atom is 0.0466 e. The van der Waals surface area contributed by atoms with Crippen LogP contribution in [0.2, 0.25) is 0 Å². The Balaban J connectivity index is 3.44. The van der Waals surface area contributed by atoms with Crippen LogP contribution in [-0.2, 0) is 4.74 Å². The van der Waals surface area contributed by atoms with E-state index in [-0.39, 0.29) is 0 Å². The van der Waals surface area contributed by atoms with E-state index in [0.29, 0.717) is 0 Å². The van der Waals surface area contributed by atoms with Crippen molar-refractivity contribution < 1.29 is 4.74 Å². The van der Waals surface area contributed by atoms with Crippen LogP contribution in [0.4, 0.5) is 0 Å². The quantitative estimate of drug-likeness (QED) is 0.534. The highest BCUT2D eigenvalue weighted by atomic mass is 16.5. The Morgan fingerprint density at radius 1 is 1.07 bits per heavy atom. The molecule has 0 rings (SSSR count). The third-order valence-electron chi connectivity index (χ3n) is 2.66. The number of ether oxygens (including phenoxy) is 1. The summed E-state index contributed by atoms with van der Waals surface area (Å²) in [5.41, 5.74) is 0. The van der Waals surface area contributed by atoms with Gasteiger partial charge in [-0.05, 0) is 51.6 Å². The maximum absolute atomic E-state index is 5.37. The standard InChI is InChI=1S/C13H29NO/c1-4-8-13(12-14-10-5-2)9-7-11-15-6-3/h13-14H,4-12H2,1-3H3. The molecule has 0 aliphatic carbocycles. The summed E-state index contributed by atoms with van der Waals surface area (Å²) in [6.45, 7) is 10.7. The highest BCUT2D eigenvalue weighted by molar-refractivity contribution is 4.62. The molecule has 0 spiro atoms. The lowest BCUT2D eigenvalue weighted by atomic mass is 9.98. The molecule has 0 bridgehead atoms. The number of nitrogens with one attached hydrogen (secondary N) is 1. The lowest BCUT2D eigenvalue weighted by Gasteiger charge is -2.16. The summed E-state index contributed by atoms with van der Waals surface area (Å²) in [7, 11) is 0. The van der Waals surface area contributed by atoms with E-state index in [4.69, 9.17) is 4.74 Å². The van der Waals surface area contributed by atoms with Gasteiger partial charge < -0.3 is 10.1 Å². The average molecular weight is 215 g/mol. The van der Waals surface area contributed by atoms with Crippen molar-refractivity contribution in [2.45, 2.75) is 52.9 Å². The third kappa shape index (κ3) is 10.2. The lowest BCUT2D eigenvalue weighted by molar-refractivity contribution is 0.138. The maximum atomic E-state index is 5.37. The highest BCUT2D eigenvalue weighted by Crippen LogP contribution is 2.12. The molecule has 0 aromatic rings. The van der Waals surface area contributed by atoms with Gasteiger partial charge in [0.1, 0.15) is 0 Å². The van der Waals surface area contributed by atoms with Crippen LogP contribution in [0.3, 0.4) is 0 Å². The Bertz CT molecular complexity index is 117. The minimum absolute atomic E-state index is 0.849. The Morgan fingerprint density at radius 2 is 1.87 bits per heavy atom. The molecule has 1 unspecified atom stereocenters. The van der Waals surface area contributed by atoms with E-state index in [1.165, 1.54) is 38.6 Å². The number of hydrogen-bond acceptors (Lipinski definition) is 2. The van der Waals surface area contributed by atoms with E-state index in [2.05, 4.69) is 26.1 Å². The first kappa shape index (κ1) is 14.9. The Morgan fingerprint density at radius 3 is 2.47 bits per heavy atom. The van der Waals surface area contributed by atoms with Gasteiger partial charge in [0, 0.05) is 13.2 Å². The zero-order valence-electron chi connectivity index (χ0n) is 10.8. The molecule has 0 heterocycles. The molecule has 0 radical (unpaired) electrons. The van der Waals surface area contributed by atoms with Crippen LogP contribution in [0.1, 0.15) is 52.9 Å². The molecule has 0 aromatic heterocycles. The third-order valence-corrected chi connectivity index (χ3v) is 2.66. The summed E-state index contributed by atoms with van der Waals surface area (Å²) in [6, 6.07) is 0. The molecule has 0 fully saturated rings. The van der Waals surface area contributed by atoms with Gasteiger partial charge >= 0.3 is 0 Å². The smallest absolute Gasteiger partial charge is 0.0466 e. The Kier molecular flexibility index (Phi) is 11.9. The second-order valence-corrected chi connectivity index (χ2v) is 4.20. The van der Waals surface area contributed by atoms with Crippen LogP contribution >= 0.6 is 0 Å². The van der Waals surface area contributed by atoms with Crippen LogP contribution in [0, 0.1) is 5.92 Å². The molecular weight excluding hydrogens is 186 g/mol. The molecule has 0 aromatic carbocycles. The monoisotopic (exact) mass is 215 g/mol. The molecule has 0 saturated heterocycles. The van der Waals surface area contributed by atoms with Gasteiger partial charge in [-0.3, -0.25) is 0 Å². The van der Waals surface area contributed by atoms with Gasteiger partial charge in [-0.15, -0.1) is 0 Å². The predicted octanol–water partition coefficient (Wildman–Crippen LogP) is 3.22. The summed E-state index contributed by atoms with van der Waals surface area (Å²) in [5, 5.41) is 3.52. The summed E-state index contributed by atoms with van der Waals surface area (Å²) in [5.74, 6) is 0.849. The first-order valence-corrected chi connectivity index (χ1v) is 6.63. The van der Waals surface area contributed by atoms with E-state index >= 15 is 0 Å². The minimum Gasteiger partial charge on any atom is -0.382 e. The van der Waals surface area contributed by atoms with Crippen molar-refractivity contribution in [3.05, 3.63) is 0 Å². The van der Waals surface area contributed by atoms with Crippen LogP contribution in [0.25, 0.3) is 0 Å². The Labute approximate surface area is 95.8 Å². The summed E-state index contributed by atoms with van der Waals surface area (Å²) in [6.07, 6.45) is 6.41. The Hall–Kier alpha value is -0.0800. The van der Waals surface area contributed by atoms with Crippen molar-refractivity contribution in [1.82, 2.24) is 5.32 Å². The van der Waals surface area contributed by atoms with Crippen LogP contribution in [0.15, 0.2) is 0 Å². The molecule has 0 aliphatic rings. The largest absolute Gasteiger partial charge is 0.382 e. The van der Waals surface area contributed by atoms with Gasteiger partial charge in [0.2, 0.25) is 0 Å². The SMILES string of the molecule is CCCNCC(CCC)CCCOCC. The molecule has 1 atom stereocenters. The molecule has 1 N–H and O–H groups in total. The van der Waals surface area contributed by atoms with Crippen LogP contribution in [0.5, 0.6) is 0 Å². The zero-order valence-corrected chi connectivity index (χ0v) is 10.8.